The Morgan fingerprint density at radius 1 is 0.893 bits per heavy atom. The summed E-state index contributed by atoms with van der Waals surface area (Å²) in [4.78, 5) is 1.99. The van der Waals surface area contributed by atoms with E-state index in [1.54, 1.807) is 0 Å². The summed E-state index contributed by atoms with van der Waals surface area (Å²) < 4.78 is 66.2. The highest BCUT2D eigenvalue weighted by atomic mass is 32.1. The number of halogens is 5. The van der Waals surface area contributed by atoms with E-state index in [1.807, 2.05) is 4.90 Å². The Morgan fingerprint density at radius 3 is 2.21 bits per heavy atom. The zero-order valence-electron chi connectivity index (χ0n) is 14.7. The van der Waals surface area contributed by atoms with Crippen molar-refractivity contribution in [3.63, 3.8) is 0 Å². The molecular formula is C19H18F5N3S. The zero-order chi connectivity index (χ0) is 20.3. The Kier molecular flexibility index (Phi) is 6.02. The van der Waals surface area contributed by atoms with Gasteiger partial charge in [0, 0.05) is 19.2 Å². The molecule has 0 bridgehead atoms. The number of rotatable bonds is 3. The first-order chi connectivity index (χ1) is 13.2. The smallest absolute Gasteiger partial charge is 0.370 e. The third-order valence-corrected chi connectivity index (χ3v) is 4.65. The fraction of sp³-hybridized carbons (Fsp3) is 0.316. The first-order valence-electron chi connectivity index (χ1n) is 8.73. The molecular weight excluding hydrogens is 397 g/mol. The lowest BCUT2D eigenvalue weighted by atomic mass is 10.1. The largest absolute Gasteiger partial charge is 0.416 e. The maximum Gasteiger partial charge on any atom is 0.416 e. The van der Waals surface area contributed by atoms with Crippen LogP contribution >= 0.6 is 12.2 Å². The van der Waals surface area contributed by atoms with Crippen LogP contribution in [0.4, 0.5) is 39.0 Å². The Morgan fingerprint density at radius 2 is 1.57 bits per heavy atom. The second-order valence-corrected chi connectivity index (χ2v) is 6.89. The van der Waals surface area contributed by atoms with Crippen molar-refractivity contribution >= 4 is 34.4 Å². The van der Waals surface area contributed by atoms with Crippen molar-refractivity contribution < 1.29 is 22.0 Å². The summed E-state index contributed by atoms with van der Waals surface area (Å²) in [7, 11) is 0. The third kappa shape index (κ3) is 4.89. The lowest BCUT2D eigenvalue weighted by Crippen LogP contribution is -2.31. The molecule has 1 heterocycles. The van der Waals surface area contributed by atoms with E-state index in [-0.39, 0.29) is 16.5 Å². The lowest BCUT2D eigenvalue weighted by Gasteiger charge is -2.31. The number of anilines is 3. The summed E-state index contributed by atoms with van der Waals surface area (Å²) in [6, 6.07) is 6.34. The van der Waals surface area contributed by atoms with Gasteiger partial charge in [-0.15, -0.1) is 0 Å². The second kappa shape index (κ2) is 8.30. The van der Waals surface area contributed by atoms with Gasteiger partial charge < -0.3 is 15.5 Å². The van der Waals surface area contributed by atoms with Gasteiger partial charge >= 0.3 is 6.18 Å². The predicted octanol–water partition coefficient (Wildman–Crippen LogP) is 5.78. The number of benzene rings is 2. The molecule has 3 rings (SSSR count). The van der Waals surface area contributed by atoms with Crippen LogP contribution in [0, 0.1) is 11.6 Å². The molecule has 1 saturated heterocycles. The van der Waals surface area contributed by atoms with Crippen molar-refractivity contribution in [2.45, 2.75) is 25.4 Å². The van der Waals surface area contributed by atoms with Crippen molar-refractivity contribution in [1.82, 2.24) is 0 Å². The molecule has 0 amide bonds. The number of nitrogens with one attached hydrogen (secondary N) is 2. The van der Waals surface area contributed by atoms with Crippen LogP contribution in [0.1, 0.15) is 24.8 Å². The lowest BCUT2D eigenvalue weighted by molar-refractivity contribution is -0.137. The number of piperidine rings is 1. The van der Waals surface area contributed by atoms with Gasteiger partial charge in [-0.2, -0.15) is 13.2 Å². The van der Waals surface area contributed by atoms with Gasteiger partial charge in [-0.25, -0.2) is 8.78 Å². The molecule has 0 atom stereocenters. The van der Waals surface area contributed by atoms with E-state index in [2.05, 4.69) is 10.6 Å². The van der Waals surface area contributed by atoms with Gasteiger partial charge in [0.1, 0.15) is 11.6 Å². The maximum absolute atomic E-state index is 13.8. The van der Waals surface area contributed by atoms with Gasteiger partial charge in [0.15, 0.2) is 5.11 Å². The highest BCUT2D eigenvalue weighted by molar-refractivity contribution is 7.80. The van der Waals surface area contributed by atoms with E-state index in [4.69, 9.17) is 12.2 Å². The average Bonchev–Trinajstić information content (AvgIpc) is 2.64. The van der Waals surface area contributed by atoms with E-state index < -0.39 is 23.4 Å². The van der Waals surface area contributed by atoms with Crippen molar-refractivity contribution in [3.05, 3.63) is 53.6 Å². The summed E-state index contributed by atoms with van der Waals surface area (Å²) in [5.41, 5.74) is -0.120. The van der Waals surface area contributed by atoms with E-state index in [9.17, 15) is 22.0 Å². The first-order valence-corrected chi connectivity index (χ1v) is 9.14. The van der Waals surface area contributed by atoms with Crippen LogP contribution in [-0.2, 0) is 6.18 Å². The van der Waals surface area contributed by atoms with Crippen molar-refractivity contribution in [1.29, 1.82) is 0 Å². The number of hydrogen-bond acceptors (Lipinski definition) is 2. The van der Waals surface area contributed by atoms with Gasteiger partial charge in [-0.3, -0.25) is 0 Å². The van der Waals surface area contributed by atoms with Crippen molar-refractivity contribution in [2.24, 2.45) is 0 Å². The quantitative estimate of drug-likeness (QED) is 0.491. The molecule has 150 valence electrons. The van der Waals surface area contributed by atoms with Crippen molar-refractivity contribution in [3.8, 4) is 0 Å². The highest BCUT2D eigenvalue weighted by Gasteiger charge is 2.31. The Balaban J connectivity index is 1.85. The van der Waals surface area contributed by atoms with Gasteiger partial charge in [0.25, 0.3) is 0 Å². The first kappa shape index (κ1) is 20.3. The second-order valence-electron chi connectivity index (χ2n) is 6.48. The number of alkyl halides is 3. The highest BCUT2D eigenvalue weighted by Crippen LogP contribution is 2.36. The van der Waals surface area contributed by atoms with Crippen molar-refractivity contribution in [2.75, 3.05) is 28.6 Å². The maximum atomic E-state index is 13.8. The molecule has 2 N–H and O–H groups in total. The van der Waals surface area contributed by atoms with E-state index in [1.165, 1.54) is 6.07 Å². The van der Waals surface area contributed by atoms with Crippen LogP contribution in [0.25, 0.3) is 0 Å². The molecule has 0 radical (unpaired) electrons. The van der Waals surface area contributed by atoms with Gasteiger partial charge in [0.2, 0.25) is 0 Å². The van der Waals surface area contributed by atoms with Crippen LogP contribution in [-0.4, -0.2) is 18.2 Å². The van der Waals surface area contributed by atoms with Gasteiger partial charge in [0.05, 0.1) is 22.6 Å². The molecule has 2 aromatic carbocycles. The normalized spacial score (nSPS) is 14.7. The van der Waals surface area contributed by atoms with Crippen LogP contribution in [0.5, 0.6) is 0 Å². The standard InChI is InChI=1S/C19H18F5N3S/c20-13-5-6-15(14(21)11-13)25-18(28)26-16-10-12(19(22,23)24)4-7-17(16)27-8-2-1-3-9-27/h4-7,10-11H,1-3,8-9H2,(H2,25,26,28). The minimum absolute atomic E-state index is 0.0783. The van der Waals surface area contributed by atoms with Crippen LogP contribution in [0.2, 0.25) is 0 Å². The molecule has 0 aromatic heterocycles. The Labute approximate surface area is 164 Å². The van der Waals surface area contributed by atoms with Gasteiger partial charge in [-0.05, 0) is 61.8 Å². The fourth-order valence-corrected chi connectivity index (χ4v) is 3.31. The van der Waals surface area contributed by atoms with Gasteiger partial charge in [-0.1, -0.05) is 0 Å². The molecule has 0 saturated carbocycles. The number of hydrogen-bond donors (Lipinski definition) is 2. The summed E-state index contributed by atoms with van der Waals surface area (Å²) in [6.07, 6.45) is -1.54. The molecule has 28 heavy (non-hydrogen) atoms. The minimum Gasteiger partial charge on any atom is -0.370 e. The molecule has 3 nitrogen and oxygen atoms in total. The summed E-state index contributed by atoms with van der Waals surface area (Å²) >= 11 is 5.13. The summed E-state index contributed by atoms with van der Waals surface area (Å²) in [5.74, 6) is -1.60. The topological polar surface area (TPSA) is 27.3 Å². The molecule has 9 heteroatoms. The minimum atomic E-state index is -4.50. The van der Waals surface area contributed by atoms with Crippen LogP contribution in [0.15, 0.2) is 36.4 Å². The summed E-state index contributed by atoms with van der Waals surface area (Å²) in [6.45, 7) is 1.46. The fourth-order valence-electron chi connectivity index (χ4n) is 3.09. The average molecular weight is 415 g/mol. The molecule has 2 aromatic rings. The monoisotopic (exact) mass is 415 g/mol. The molecule has 1 fully saturated rings. The number of thiocarbonyl (C=S) groups is 1. The molecule has 0 spiro atoms. The Bertz CT molecular complexity index is 863. The zero-order valence-corrected chi connectivity index (χ0v) is 15.6. The predicted molar refractivity (Wildman–Crippen MR) is 104 cm³/mol. The SMILES string of the molecule is Fc1ccc(NC(=S)Nc2cc(C(F)(F)F)ccc2N2CCCCC2)c(F)c1. The molecule has 0 unspecified atom stereocenters. The molecule has 0 aliphatic carbocycles. The van der Waals surface area contributed by atoms with E-state index >= 15 is 0 Å². The molecule has 1 aliphatic heterocycles. The van der Waals surface area contributed by atoms with E-state index in [0.717, 1.165) is 56.6 Å². The van der Waals surface area contributed by atoms with Crippen LogP contribution in [0.3, 0.4) is 0 Å². The van der Waals surface area contributed by atoms with Crippen LogP contribution < -0.4 is 15.5 Å². The summed E-state index contributed by atoms with van der Waals surface area (Å²) in [5, 5.41) is 5.19. The Hall–Kier alpha value is -2.42. The number of nitrogens with zero attached hydrogens (tertiary/aromatic N) is 1. The van der Waals surface area contributed by atoms with E-state index in [0.29, 0.717) is 11.8 Å². The molecule has 1 aliphatic rings. The third-order valence-electron chi connectivity index (χ3n) is 4.45.